The van der Waals surface area contributed by atoms with Gasteiger partial charge in [-0.25, -0.2) is 0 Å². The van der Waals surface area contributed by atoms with Crippen LogP contribution in [-0.4, -0.2) is 38.8 Å². The molecule has 1 N–H and O–H groups in total. The van der Waals surface area contributed by atoms with E-state index in [1.807, 2.05) is 19.0 Å². The maximum Gasteiger partial charge on any atom is 0.233 e. The first-order valence-corrected chi connectivity index (χ1v) is 7.82. The number of hydrogen-bond acceptors (Lipinski definition) is 5. The summed E-state index contributed by atoms with van der Waals surface area (Å²) < 4.78 is 5.39. The van der Waals surface area contributed by atoms with E-state index in [1.165, 1.54) is 5.57 Å². The Morgan fingerprint density at radius 1 is 1.35 bits per heavy atom. The van der Waals surface area contributed by atoms with Gasteiger partial charge >= 0.3 is 0 Å². The van der Waals surface area contributed by atoms with Gasteiger partial charge in [0.1, 0.15) is 0 Å². The van der Waals surface area contributed by atoms with Gasteiger partial charge in [-0.3, -0.25) is 0 Å². The summed E-state index contributed by atoms with van der Waals surface area (Å²) in [4.78, 5) is 7.59. The molecule has 4 nitrogen and oxygen atoms in total. The summed E-state index contributed by atoms with van der Waals surface area (Å²) in [5.41, 5.74) is 1.37. The molecule has 0 aliphatic carbocycles. The summed E-state index contributed by atoms with van der Waals surface area (Å²) in [6.07, 6.45) is 2.21. The van der Waals surface area contributed by atoms with Crippen LogP contribution >= 0.6 is 11.3 Å². The van der Waals surface area contributed by atoms with Crippen LogP contribution in [0.15, 0.2) is 5.57 Å². The number of anilines is 1. The smallest absolute Gasteiger partial charge is 0.233 e. The van der Waals surface area contributed by atoms with Gasteiger partial charge in [-0.05, 0) is 12.0 Å². The molecule has 0 aliphatic heterocycles. The minimum absolute atomic E-state index is 0.484. The van der Waals surface area contributed by atoms with Crippen LogP contribution in [0.2, 0.25) is 0 Å². The first kappa shape index (κ1) is 17.0. The van der Waals surface area contributed by atoms with Gasteiger partial charge in [0.2, 0.25) is 5.88 Å². The third kappa shape index (κ3) is 4.80. The van der Waals surface area contributed by atoms with Crippen LogP contribution in [-0.2, 0) is 0 Å². The summed E-state index contributed by atoms with van der Waals surface area (Å²) in [6, 6.07) is 0.484. The van der Waals surface area contributed by atoms with Crippen LogP contribution in [0.5, 0.6) is 5.88 Å². The summed E-state index contributed by atoms with van der Waals surface area (Å²) in [7, 11) is 5.66. The quantitative estimate of drug-likeness (QED) is 0.838. The second-order valence-electron chi connectivity index (χ2n) is 5.67. The molecule has 1 heterocycles. The van der Waals surface area contributed by atoms with E-state index in [-0.39, 0.29) is 0 Å². The summed E-state index contributed by atoms with van der Waals surface area (Å²) in [5, 5.41) is 4.44. The average Bonchev–Trinajstić information content (AvgIpc) is 2.76. The Labute approximate surface area is 126 Å². The van der Waals surface area contributed by atoms with Gasteiger partial charge < -0.3 is 15.0 Å². The summed E-state index contributed by atoms with van der Waals surface area (Å²) in [5.74, 6) is 1.21. The van der Waals surface area contributed by atoms with Crippen LogP contribution < -0.4 is 15.0 Å². The number of thiazole rings is 1. The standard InChI is InChI=1S/C15H27N3OS/c1-10(2)12(9-16-11(3)4)8-13-14(19-7)17-15(20-13)18(5)6/h8,10-11,16H,9H2,1-7H3. The molecule has 1 aromatic rings. The molecule has 114 valence electrons. The first-order chi connectivity index (χ1) is 9.35. The highest BCUT2D eigenvalue weighted by molar-refractivity contribution is 7.16. The maximum absolute atomic E-state index is 5.39. The molecule has 1 aromatic heterocycles. The Morgan fingerprint density at radius 3 is 2.45 bits per heavy atom. The molecule has 0 fully saturated rings. The topological polar surface area (TPSA) is 37.4 Å². The molecule has 0 saturated carbocycles. The van der Waals surface area contributed by atoms with Crippen LogP contribution in [0.3, 0.4) is 0 Å². The lowest BCUT2D eigenvalue weighted by molar-refractivity contribution is 0.400. The van der Waals surface area contributed by atoms with Crippen molar-refractivity contribution in [3.05, 3.63) is 10.5 Å². The lowest BCUT2D eigenvalue weighted by Gasteiger charge is -2.14. The van der Waals surface area contributed by atoms with Gasteiger partial charge in [-0.15, -0.1) is 0 Å². The summed E-state index contributed by atoms with van der Waals surface area (Å²) >= 11 is 1.66. The highest BCUT2D eigenvalue weighted by Crippen LogP contribution is 2.33. The number of nitrogens with one attached hydrogen (secondary N) is 1. The molecule has 0 unspecified atom stereocenters. The van der Waals surface area contributed by atoms with E-state index in [2.05, 4.69) is 44.1 Å². The van der Waals surface area contributed by atoms with E-state index in [9.17, 15) is 0 Å². The van der Waals surface area contributed by atoms with Gasteiger partial charge in [-0.1, -0.05) is 44.6 Å². The molecule has 20 heavy (non-hydrogen) atoms. The van der Waals surface area contributed by atoms with Crippen molar-refractivity contribution in [3.63, 3.8) is 0 Å². The Balaban J connectivity index is 3.03. The van der Waals surface area contributed by atoms with E-state index in [0.717, 1.165) is 16.6 Å². The van der Waals surface area contributed by atoms with Crippen LogP contribution in [0.4, 0.5) is 5.13 Å². The molecular formula is C15H27N3OS. The van der Waals surface area contributed by atoms with Crippen molar-refractivity contribution in [3.8, 4) is 5.88 Å². The van der Waals surface area contributed by atoms with Crippen molar-refractivity contribution < 1.29 is 4.74 Å². The van der Waals surface area contributed by atoms with Gasteiger partial charge in [0, 0.05) is 26.7 Å². The molecule has 5 heteroatoms. The second kappa shape index (κ2) is 7.64. The normalized spacial score (nSPS) is 12.3. The minimum atomic E-state index is 0.484. The third-order valence-electron chi connectivity index (χ3n) is 2.96. The average molecular weight is 297 g/mol. The van der Waals surface area contributed by atoms with Crippen LogP contribution in [0.25, 0.3) is 6.08 Å². The lowest BCUT2D eigenvalue weighted by atomic mass is 10.0. The molecule has 0 radical (unpaired) electrons. The van der Waals surface area contributed by atoms with Crippen molar-refractivity contribution in [1.29, 1.82) is 0 Å². The maximum atomic E-state index is 5.39. The second-order valence-corrected chi connectivity index (χ2v) is 6.68. The molecule has 0 aromatic carbocycles. The highest BCUT2D eigenvalue weighted by Gasteiger charge is 2.13. The SMILES string of the molecule is COc1nc(N(C)C)sc1C=C(CNC(C)C)C(C)C. The van der Waals surface area contributed by atoms with Gasteiger partial charge in [-0.2, -0.15) is 4.98 Å². The highest BCUT2D eigenvalue weighted by atomic mass is 32.1. The number of methoxy groups -OCH3 is 1. The number of aromatic nitrogens is 1. The molecular weight excluding hydrogens is 270 g/mol. The van der Waals surface area contributed by atoms with Gasteiger partial charge in [0.25, 0.3) is 0 Å². The van der Waals surface area contributed by atoms with Crippen LogP contribution in [0, 0.1) is 5.92 Å². The Kier molecular flexibility index (Phi) is 6.49. The fourth-order valence-electron chi connectivity index (χ4n) is 1.65. The zero-order valence-electron chi connectivity index (χ0n) is 13.7. The van der Waals surface area contributed by atoms with E-state index in [1.54, 1.807) is 18.4 Å². The van der Waals surface area contributed by atoms with Gasteiger partial charge in [0.05, 0.1) is 12.0 Å². The molecule has 0 saturated heterocycles. The van der Waals surface area contributed by atoms with E-state index in [0.29, 0.717) is 17.8 Å². The molecule has 0 aliphatic rings. The largest absolute Gasteiger partial charge is 0.480 e. The van der Waals surface area contributed by atoms with E-state index < -0.39 is 0 Å². The monoisotopic (exact) mass is 297 g/mol. The Morgan fingerprint density at radius 2 is 2.00 bits per heavy atom. The Bertz CT molecular complexity index is 450. The zero-order valence-corrected chi connectivity index (χ0v) is 14.5. The van der Waals surface area contributed by atoms with Crippen molar-refractivity contribution in [2.75, 3.05) is 32.6 Å². The number of hydrogen-bond donors (Lipinski definition) is 1. The number of ether oxygens (including phenoxy) is 1. The van der Waals surface area contributed by atoms with Crippen molar-refractivity contribution in [2.45, 2.75) is 33.7 Å². The first-order valence-electron chi connectivity index (χ1n) is 7.01. The number of nitrogens with zero attached hydrogens (tertiary/aromatic N) is 2. The van der Waals surface area contributed by atoms with Gasteiger partial charge in [0.15, 0.2) is 5.13 Å². The van der Waals surface area contributed by atoms with E-state index >= 15 is 0 Å². The van der Waals surface area contributed by atoms with E-state index in [4.69, 9.17) is 4.74 Å². The molecule has 0 spiro atoms. The predicted octanol–water partition coefficient (Wildman–Crippen LogP) is 3.26. The summed E-state index contributed by atoms with van der Waals surface area (Å²) in [6.45, 7) is 9.65. The minimum Gasteiger partial charge on any atom is -0.480 e. The van der Waals surface area contributed by atoms with Crippen molar-refractivity contribution in [1.82, 2.24) is 10.3 Å². The fourth-order valence-corrected chi connectivity index (χ4v) is 2.58. The molecule has 1 rings (SSSR count). The Hall–Kier alpha value is -1.07. The van der Waals surface area contributed by atoms with Crippen molar-refractivity contribution in [2.24, 2.45) is 5.92 Å². The third-order valence-corrected chi connectivity index (χ3v) is 4.11. The zero-order chi connectivity index (χ0) is 15.3. The number of rotatable bonds is 7. The molecule has 0 bridgehead atoms. The van der Waals surface area contributed by atoms with Crippen LogP contribution in [0.1, 0.15) is 32.6 Å². The predicted molar refractivity (Wildman–Crippen MR) is 88.9 cm³/mol. The molecule has 0 atom stereocenters. The lowest BCUT2D eigenvalue weighted by Crippen LogP contribution is -2.26. The fraction of sp³-hybridized carbons (Fsp3) is 0.667. The molecule has 0 amide bonds. The van der Waals surface area contributed by atoms with Crippen molar-refractivity contribution >= 4 is 22.5 Å².